The highest BCUT2D eigenvalue weighted by atomic mass is 16.1. The first kappa shape index (κ1) is 15.2. The van der Waals surface area contributed by atoms with Crippen LogP contribution in [0.5, 0.6) is 0 Å². The molecule has 0 aromatic heterocycles. The number of fused-ring (bicyclic) bond motifs is 1. The van der Waals surface area contributed by atoms with Crippen molar-refractivity contribution in [3.63, 3.8) is 0 Å². The third kappa shape index (κ3) is 3.57. The zero-order chi connectivity index (χ0) is 16.2. The summed E-state index contributed by atoms with van der Waals surface area (Å²) in [6.07, 6.45) is 3.52. The Kier molecular flexibility index (Phi) is 4.38. The molecule has 23 heavy (non-hydrogen) atoms. The summed E-state index contributed by atoms with van der Waals surface area (Å²) in [5, 5.41) is 2.24. The van der Waals surface area contributed by atoms with Crippen molar-refractivity contribution in [2.45, 2.75) is 19.8 Å². The molecule has 0 aliphatic rings. The SMILES string of the molecule is CC(C)c1ccc(/C=C\C(=O)c2ccc3ccccc3c2)cc1. The van der Waals surface area contributed by atoms with Crippen LogP contribution in [0.25, 0.3) is 16.8 Å². The molecule has 0 aliphatic carbocycles. The Morgan fingerprint density at radius 3 is 2.26 bits per heavy atom. The summed E-state index contributed by atoms with van der Waals surface area (Å²) in [4.78, 5) is 12.4. The maximum absolute atomic E-state index is 12.4. The highest BCUT2D eigenvalue weighted by Crippen LogP contribution is 2.18. The molecule has 0 bridgehead atoms. The molecule has 1 nitrogen and oxygen atoms in total. The van der Waals surface area contributed by atoms with Crippen molar-refractivity contribution in [2.24, 2.45) is 0 Å². The molecule has 0 saturated carbocycles. The number of carbonyl (C=O) groups excluding carboxylic acids is 1. The van der Waals surface area contributed by atoms with Crippen LogP contribution in [0.4, 0.5) is 0 Å². The quantitative estimate of drug-likeness (QED) is 0.435. The predicted molar refractivity (Wildman–Crippen MR) is 97.8 cm³/mol. The summed E-state index contributed by atoms with van der Waals surface area (Å²) < 4.78 is 0. The Bertz CT molecular complexity index is 855. The van der Waals surface area contributed by atoms with Crippen LogP contribution in [-0.4, -0.2) is 5.78 Å². The largest absolute Gasteiger partial charge is 0.289 e. The fourth-order valence-electron chi connectivity index (χ4n) is 2.60. The summed E-state index contributed by atoms with van der Waals surface area (Å²) in [5.74, 6) is 0.552. The van der Waals surface area contributed by atoms with E-state index in [4.69, 9.17) is 0 Å². The average molecular weight is 300 g/mol. The van der Waals surface area contributed by atoms with Crippen molar-refractivity contribution < 1.29 is 4.79 Å². The van der Waals surface area contributed by atoms with Crippen LogP contribution in [0.1, 0.15) is 41.3 Å². The number of allylic oxidation sites excluding steroid dienone is 1. The van der Waals surface area contributed by atoms with E-state index in [-0.39, 0.29) is 5.78 Å². The number of ketones is 1. The smallest absolute Gasteiger partial charge is 0.185 e. The van der Waals surface area contributed by atoms with E-state index in [2.05, 4.69) is 44.2 Å². The summed E-state index contributed by atoms with van der Waals surface area (Å²) in [6, 6.07) is 22.2. The minimum absolute atomic E-state index is 0.0312. The normalized spacial score (nSPS) is 11.4. The van der Waals surface area contributed by atoms with Crippen LogP contribution in [0.2, 0.25) is 0 Å². The summed E-state index contributed by atoms with van der Waals surface area (Å²) in [6.45, 7) is 4.35. The third-order valence-corrected chi connectivity index (χ3v) is 4.06. The number of hydrogen-bond donors (Lipinski definition) is 0. The second-order valence-corrected chi connectivity index (χ2v) is 6.08. The lowest BCUT2D eigenvalue weighted by Crippen LogP contribution is -1.94. The van der Waals surface area contributed by atoms with E-state index >= 15 is 0 Å². The van der Waals surface area contributed by atoms with Crippen LogP contribution < -0.4 is 0 Å². The molecule has 114 valence electrons. The van der Waals surface area contributed by atoms with E-state index in [0.29, 0.717) is 5.92 Å². The van der Waals surface area contributed by atoms with E-state index in [9.17, 15) is 4.79 Å². The van der Waals surface area contributed by atoms with E-state index in [1.807, 2.05) is 42.5 Å². The molecule has 0 aliphatic heterocycles. The van der Waals surface area contributed by atoms with Crippen LogP contribution in [-0.2, 0) is 0 Å². The molecule has 0 unspecified atom stereocenters. The van der Waals surface area contributed by atoms with Crippen molar-refractivity contribution >= 4 is 22.6 Å². The lowest BCUT2D eigenvalue weighted by Gasteiger charge is -2.04. The van der Waals surface area contributed by atoms with Gasteiger partial charge in [-0.1, -0.05) is 80.6 Å². The van der Waals surface area contributed by atoms with Crippen molar-refractivity contribution in [1.82, 2.24) is 0 Å². The van der Waals surface area contributed by atoms with Crippen molar-refractivity contribution in [2.75, 3.05) is 0 Å². The second-order valence-electron chi connectivity index (χ2n) is 6.08. The van der Waals surface area contributed by atoms with Gasteiger partial charge in [0, 0.05) is 5.56 Å². The van der Waals surface area contributed by atoms with Gasteiger partial charge in [0.05, 0.1) is 0 Å². The summed E-state index contributed by atoms with van der Waals surface area (Å²) >= 11 is 0. The van der Waals surface area contributed by atoms with Gasteiger partial charge in [-0.25, -0.2) is 0 Å². The Morgan fingerprint density at radius 1 is 0.870 bits per heavy atom. The maximum Gasteiger partial charge on any atom is 0.185 e. The number of hydrogen-bond acceptors (Lipinski definition) is 1. The van der Waals surface area contributed by atoms with E-state index in [1.54, 1.807) is 6.08 Å². The van der Waals surface area contributed by atoms with Gasteiger partial charge in [0.25, 0.3) is 0 Å². The first-order valence-corrected chi connectivity index (χ1v) is 7.94. The van der Waals surface area contributed by atoms with E-state index < -0.39 is 0 Å². The average Bonchev–Trinajstić information content (AvgIpc) is 2.59. The Labute approximate surface area is 137 Å². The minimum Gasteiger partial charge on any atom is -0.289 e. The maximum atomic E-state index is 12.4. The standard InChI is InChI=1S/C22H20O/c1-16(2)18-10-7-17(8-11-18)9-14-22(23)21-13-12-19-5-3-4-6-20(19)15-21/h3-16H,1-2H3/b14-9-. The number of benzene rings is 3. The van der Waals surface area contributed by atoms with Gasteiger partial charge in [-0.3, -0.25) is 4.79 Å². The van der Waals surface area contributed by atoms with Gasteiger partial charge in [0.1, 0.15) is 0 Å². The molecule has 0 heterocycles. The van der Waals surface area contributed by atoms with Gasteiger partial charge >= 0.3 is 0 Å². The van der Waals surface area contributed by atoms with Gasteiger partial charge in [0.15, 0.2) is 5.78 Å². The zero-order valence-corrected chi connectivity index (χ0v) is 13.5. The Balaban J connectivity index is 1.79. The Morgan fingerprint density at radius 2 is 1.57 bits per heavy atom. The van der Waals surface area contributed by atoms with Crippen LogP contribution in [0.15, 0.2) is 72.8 Å². The first-order chi connectivity index (χ1) is 11.1. The monoisotopic (exact) mass is 300 g/mol. The molecule has 3 aromatic rings. The molecule has 3 rings (SSSR count). The lowest BCUT2D eigenvalue weighted by molar-refractivity contribution is 0.104. The van der Waals surface area contributed by atoms with Gasteiger partial charge in [-0.15, -0.1) is 0 Å². The van der Waals surface area contributed by atoms with Crippen molar-refractivity contribution in [3.8, 4) is 0 Å². The van der Waals surface area contributed by atoms with Crippen LogP contribution in [0, 0.1) is 0 Å². The molecule has 0 amide bonds. The fourth-order valence-corrected chi connectivity index (χ4v) is 2.60. The molecule has 0 spiro atoms. The van der Waals surface area contributed by atoms with Gasteiger partial charge in [0.2, 0.25) is 0 Å². The minimum atomic E-state index is 0.0312. The molecular weight excluding hydrogens is 280 g/mol. The summed E-state index contributed by atoms with van der Waals surface area (Å²) in [7, 11) is 0. The van der Waals surface area contributed by atoms with Gasteiger partial charge in [-0.2, -0.15) is 0 Å². The molecule has 0 saturated heterocycles. The van der Waals surface area contributed by atoms with Gasteiger partial charge in [-0.05, 0) is 40.0 Å². The topological polar surface area (TPSA) is 17.1 Å². The van der Waals surface area contributed by atoms with E-state index in [0.717, 1.165) is 21.9 Å². The second kappa shape index (κ2) is 6.62. The number of rotatable bonds is 4. The number of carbonyl (C=O) groups is 1. The van der Waals surface area contributed by atoms with Crippen LogP contribution in [0.3, 0.4) is 0 Å². The van der Waals surface area contributed by atoms with Gasteiger partial charge < -0.3 is 0 Å². The van der Waals surface area contributed by atoms with E-state index in [1.165, 1.54) is 5.56 Å². The molecule has 0 atom stereocenters. The highest BCUT2D eigenvalue weighted by molar-refractivity contribution is 6.08. The molecule has 0 N–H and O–H groups in total. The fraction of sp³-hybridized carbons (Fsp3) is 0.136. The third-order valence-electron chi connectivity index (χ3n) is 4.06. The molecule has 0 radical (unpaired) electrons. The predicted octanol–water partition coefficient (Wildman–Crippen LogP) is 5.86. The van der Waals surface area contributed by atoms with Crippen molar-refractivity contribution in [1.29, 1.82) is 0 Å². The molecular formula is C22H20O. The molecule has 0 fully saturated rings. The highest BCUT2D eigenvalue weighted by Gasteiger charge is 2.03. The molecule has 1 heteroatoms. The molecule has 3 aromatic carbocycles. The Hall–Kier alpha value is -2.67. The first-order valence-electron chi connectivity index (χ1n) is 7.94. The van der Waals surface area contributed by atoms with Crippen LogP contribution >= 0.6 is 0 Å². The summed E-state index contributed by atoms with van der Waals surface area (Å²) in [5.41, 5.74) is 3.07. The van der Waals surface area contributed by atoms with Crippen molar-refractivity contribution in [3.05, 3.63) is 89.5 Å². The lowest BCUT2D eigenvalue weighted by atomic mass is 10.0. The zero-order valence-electron chi connectivity index (χ0n) is 13.5.